The highest BCUT2D eigenvalue weighted by atomic mass is 16.3. The predicted molar refractivity (Wildman–Crippen MR) is 70.7 cm³/mol. The zero-order valence-corrected chi connectivity index (χ0v) is 10.7. The van der Waals surface area contributed by atoms with Crippen molar-refractivity contribution in [3.63, 3.8) is 0 Å². The van der Waals surface area contributed by atoms with Crippen molar-refractivity contribution in [2.24, 2.45) is 0 Å². The topological polar surface area (TPSA) is 49.5 Å². The molecule has 0 aromatic heterocycles. The first-order valence-corrected chi connectivity index (χ1v) is 6.28. The molecule has 0 aliphatic carbocycles. The second-order valence-electron chi connectivity index (χ2n) is 5.51. The number of benzene rings is 1. The average molecular weight is 234 g/mol. The molecule has 0 saturated carbocycles. The van der Waals surface area contributed by atoms with Crippen molar-refractivity contribution >= 4 is 5.69 Å². The van der Waals surface area contributed by atoms with E-state index < -0.39 is 6.10 Å². The quantitative estimate of drug-likeness (QED) is 0.788. The summed E-state index contributed by atoms with van der Waals surface area (Å²) in [5.74, 6) is 0. The fraction of sp³-hybridized carbons (Fsp3) is 0.571. The number of anilines is 1. The molecule has 1 atom stereocenters. The number of hydrogen-bond acceptors (Lipinski definition) is 3. The Kier molecular flexibility index (Phi) is 3.40. The van der Waals surface area contributed by atoms with Gasteiger partial charge in [0.2, 0.25) is 0 Å². The van der Waals surface area contributed by atoms with Crippen LogP contribution in [0, 0.1) is 0 Å². The molecule has 2 rings (SSSR count). The second kappa shape index (κ2) is 4.67. The summed E-state index contributed by atoms with van der Waals surface area (Å²) < 4.78 is 0. The molecule has 0 spiro atoms. The Morgan fingerprint density at radius 1 is 1.41 bits per heavy atom. The Hall–Kier alpha value is -1.06. The lowest BCUT2D eigenvalue weighted by Gasteiger charge is -2.33. The van der Waals surface area contributed by atoms with Gasteiger partial charge in [-0.25, -0.2) is 0 Å². The van der Waals surface area contributed by atoms with Crippen molar-refractivity contribution in [3.8, 4) is 0 Å². The molecular weight excluding hydrogens is 212 g/mol. The molecule has 3 nitrogen and oxygen atoms in total. The number of β-amino-alcohol motifs (C(OH)–C–C–N with tert-alkyl or cyclic N) is 1. The van der Waals surface area contributed by atoms with Crippen LogP contribution in [-0.2, 0) is 0 Å². The van der Waals surface area contributed by atoms with Crippen molar-refractivity contribution in [2.75, 3.05) is 18.8 Å². The minimum absolute atomic E-state index is 0.199. The monoisotopic (exact) mass is 234 g/mol. The number of nitrogens with two attached hydrogens (primary N) is 1. The van der Waals surface area contributed by atoms with E-state index in [9.17, 15) is 5.11 Å². The maximum absolute atomic E-state index is 10.3. The maximum atomic E-state index is 10.3. The first-order valence-electron chi connectivity index (χ1n) is 6.28. The number of nitrogens with zero attached hydrogens (tertiary/aromatic N) is 1. The summed E-state index contributed by atoms with van der Waals surface area (Å²) in [6, 6.07) is 7.56. The second-order valence-corrected chi connectivity index (χ2v) is 5.51. The standard InChI is InChI=1S/C14H22N2O/c1-14(2)8-5-9-16(14)10-13(17)11-6-3-4-7-12(11)15/h3-4,6-7,13,17H,5,8-10,15H2,1-2H3. The highest BCUT2D eigenvalue weighted by Crippen LogP contribution is 2.31. The Morgan fingerprint density at radius 2 is 2.12 bits per heavy atom. The summed E-state index contributed by atoms with van der Waals surface area (Å²) in [6.45, 7) is 6.21. The van der Waals surface area contributed by atoms with E-state index in [1.807, 2.05) is 24.3 Å². The SMILES string of the molecule is CC1(C)CCCN1CC(O)c1ccccc1N. The molecule has 1 aliphatic heterocycles. The van der Waals surface area contributed by atoms with E-state index in [2.05, 4.69) is 18.7 Å². The van der Waals surface area contributed by atoms with Gasteiger partial charge < -0.3 is 10.8 Å². The van der Waals surface area contributed by atoms with E-state index in [4.69, 9.17) is 5.73 Å². The van der Waals surface area contributed by atoms with E-state index in [-0.39, 0.29) is 5.54 Å². The molecule has 0 bridgehead atoms. The smallest absolute Gasteiger partial charge is 0.0936 e. The third kappa shape index (κ3) is 2.61. The molecule has 1 aromatic carbocycles. The Balaban J connectivity index is 2.07. The lowest BCUT2D eigenvalue weighted by atomic mass is 10.0. The first kappa shape index (κ1) is 12.4. The fourth-order valence-electron chi connectivity index (χ4n) is 2.62. The minimum Gasteiger partial charge on any atom is -0.398 e. The zero-order valence-electron chi connectivity index (χ0n) is 10.7. The van der Waals surface area contributed by atoms with Gasteiger partial charge in [-0.05, 0) is 39.3 Å². The van der Waals surface area contributed by atoms with E-state index in [1.54, 1.807) is 0 Å². The highest BCUT2D eigenvalue weighted by molar-refractivity contribution is 5.47. The van der Waals surface area contributed by atoms with Gasteiger partial charge in [0.1, 0.15) is 0 Å². The number of hydrogen-bond donors (Lipinski definition) is 2. The number of aliphatic hydroxyl groups is 1. The van der Waals surface area contributed by atoms with Crippen LogP contribution in [0.1, 0.15) is 38.4 Å². The van der Waals surface area contributed by atoms with Crippen LogP contribution >= 0.6 is 0 Å². The molecule has 1 aromatic rings. The highest BCUT2D eigenvalue weighted by Gasteiger charge is 2.33. The maximum Gasteiger partial charge on any atom is 0.0936 e. The van der Waals surface area contributed by atoms with Gasteiger partial charge in [0, 0.05) is 23.3 Å². The Labute approximate surface area is 103 Å². The Bertz CT molecular complexity index is 390. The van der Waals surface area contributed by atoms with Crippen molar-refractivity contribution in [1.29, 1.82) is 0 Å². The lowest BCUT2D eigenvalue weighted by Crippen LogP contribution is -2.40. The van der Waals surface area contributed by atoms with E-state index in [1.165, 1.54) is 12.8 Å². The van der Waals surface area contributed by atoms with E-state index in [0.29, 0.717) is 12.2 Å². The van der Waals surface area contributed by atoms with Gasteiger partial charge in [0.15, 0.2) is 0 Å². The van der Waals surface area contributed by atoms with Gasteiger partial charge in [-0.3, -0.25) is 4.90 Å². The molecule has 0 amide bonds. The lowest BCUT2D eigenvalue weighted by molar-refractivity contribution is 0.0783. The summed E-state index contributed by atoms with van der Waals surface area (Å²) in [6.07, 6.45) is 1.92. The van der Waals surface area contributed by atoms with Crippen LogP contribution in [0.3, 0.4) is 0 Å². The molecule has 1 heterocycles. The van der Waals surface area contributed by atoms with Crippen LogP contribution in [0.4, 0.5) is 5.69 Å². The summed E-state index contributed by atoms with van der Waals surface area (Å²) in [5, 5.41) is 10.3. The van der Waals surface area contributed by atoms with Crippen LogP contribution in [0.25, 0.3) is 0 Å². The number of nitrogen functional groups attached to an aromatic ring is 1. The van der Waals surface area contributed by atoms with Crippen molar-refractivity contribution < 1.29 is 5.11 Å². The number of para-hydroxylation sites is 1. The van der Waals surface area contributed by atoms with Crippen molar-refractivity contribution in [2.45, 2.75) is 38.3 Å². The van der Waals surface area contributed by atoms with E-state index >= 15 is 0 Å². The third-order valence-corrected chi connectivity index (χ3v) is 3.82. The van der Waals surface area contributed by atoms with Gasteiger partial charge >= 0.3 is 0 Å². The summed E-state index contributed by atoms with van der Waals surface area (Å²) in [5.41, 5.74) is 7.60. The zero-order chi connectivity index (χ0) is 12.5. The molecule has 94 valence electrons. The van der Waals surface area contributed by atoms with Crippen LogP contribution in [0.2, 0.25) is 0 Å². The normalized spacial score (nSPS) is 21.6. The van der Waals surface area contributed by atoms with Crippen LogP contribution in [-0.4, -0.2) is 28.6 Å². The number of aliphatic hydroxyl groups excluding tert-OH is 1. The van der Waals surface area contributed by atoms with Crippen molar-refractivity contribution in [3.05, 3.63) is 29.8 Å². The van der Waals surface area contributed by atoms with Gasteiger partial charge in [-0.1, -0.05) is 18.2 Å². The van der Waals surface area contributed by atoms with Crippen molar-refractivity contribution in [1.82, 2.24) is 4.90 Å². The van der Waals surface area contributed by atoms with Gasteiger partial charge in [-0.2, -0.15) is 0 Å². The van der Waals surface area contributed by atoms with Gasteiger partial charge in [-0.15, -0.1) is 0 Å². The molecule has 3 heteroatoms. The number of likely N-dealkylation sites (tertiary alicyclic amines) is 1. The molecule has 17 heavy (non-hydrogen) atoms. The molecule has 1 aliphatic rings. The van der Waals surface area contributed by atoms with Gasteiger partial charge in [0.25, 0.3) is 0 Å². The summed E-state index contributed by atoms with van der Waals surface area (Å²) in [7, 11) is 0. The van der Waals surface area contributed by atoms with Crippen LogP contribution in [0.15, 0.2) is 24.3 Å². The molecule has 1 unspecified atom stereocenters. The molecule has 0 radical (unpaired) electrons. The van der Waals surface area contributed by atoms with E-state index in [0.717, 1.165) is 12.1 Å². The third-order valence-electron chi connectivity index (χ3n) is 3.82. The van der Waals surface area contributed by atoms with Gasteiger partial charge in [0.05, 0.1) is 6.10 Å². The Morgan fingerprint density at radius 3 is 2.71 bits per heavy atom. The number of rotatable bonds is 3. The summed E-state index contributed by atoms with van der Waals surface area (Å²) in [4.78, 5) is 2.35. The average Bonchev–Trinajstić information content (AvgIpc) is 2.59. The first-order chi connectivity index (χ1) is 8.00. The fourth-order valence-corrected chi connectivity index (χ4v) is 2.62. The molecular formula is C14H22N2O. The molecule has 1 fully saturated rings. The predicted octanol–water partition coefficient (Wildman–Crippen LogP) is 2.18. The largest absolute Gasteiger partial charge is 0.398 e. The summed E-state index contributed by atoms with van der Waals surface area (Å²) >= 11 is 0. The van der Waals surface area contributed by atoms with Crippen LogP contribution in [0.5, 0.6) is 0 Å². The minimum atomic E-state index is -0.492. The molecule has 3 N–H and O–H groups in total. The molecule has 1 saturated heterocycles. The van der Waals surface area contributed by atoms with Crippen LogP contribution < -0.4 is 5.73 Å².